The molecule has 0 spiro atoms. The van der Waals surface area contributed by atoms with E-state index >= 15 is 0 Å². The third kappa shape index (κ3) is 4.24. The van der Waals surface area contributed by atoms with E-state index in [1.54, 1.807) is 18.2 Å². The number of nitriles is 1. The maximum atomic E-state index is 12.5. The van der Waals surface area contributed by atoms with E-state index in [1.165, 1.54) is 17.1 Å². The Balaban J connectivity index is 1.81. The number of nitrogens with zero attached hydrogens (tertiary/aromatic N) is 4. The summed E-state index contributed by atoms with van der Waals surface area (Å²) in [6, 6.07) is 9.12. The number of hydrogen-bond acceptors (Lipinski definition) is 6. The molecule has 148 valence electrons. The zero-order valence-electron chi connectivity index (χ0n) is 15.7. The highest BCUT2D eigenvalue weighted by Crippen LogP contribution is 2.11. The van der Waals surface area contributed by atoms with Gasteiger partial charge in [-0.15, -0.1) is 0 Å². The average molecular weight is 393 g/mol. The van der Waals surface area contributed by atoms with Crippen LogP contribution in [0.15, 0.2) is 46.2 Å². The molecule has 2 heterocycles. The summed E-state index contributed by atoms with van der Waals surface area (Å²) in [5, 5.41) is 15.6. The van der Waals surface area contributed by atoms with Crippen molar-refractivity contribution in [3.63, 3.8) is 0 Å². The first-order valence-electron chi connectivity index (χ1n) is 8.88. The van der Waals surface area contributed by atoms with Crippen LogP contribution in [0.25, 0.3) is 0 Å². The molecule has 2 aromatic heterocycles. The Bertz CT molecular complexity index is 1210. The van der Waals surface area contributed by atoms with Crippen LogP contribution in [0.4, 0.5) is 11.5 Å². The number of H-pyrrole nitrogens is 1. The number of benzene rings is 1. The summed E-state index contributed by atoms with van der Waals surface area (Å²) < 4.78 is 2.52. The summed E-state index contributed by atoms with van der Waals surface area (Å²) in [4.78, 5) is 39.2. The molecule has 10 heteroatoms. The predicted octanol–water partition coefficient (Wildman–Crippen LogP) is 0.898. The molecule has 0 saturated heterocycles. The molecular weight excluding hydrogens is 374 g/mol. The molecule has 0 atom stereocenters. The molecule has 3 rings (SSSR count). The standard InChI is InChI=1S/C19H19N7O3/c1-2-6-26-18(28)15(16(21)24-19(26)29)23-17(27)14-9-22-25(11-14)10-13-5-3-4-12(7-13)8-20/h3-5,7,9,11H,2,6,10,21H2,1H3,(H,23,27)(H,24,29). The van der Waals surface area contributed by atoms with E-state index in [0.29, 0.717) is 18.5 Å². The third-order valence-electron chi connectivity index (χ3n) is 4.20. The van der Waals surface area contributed by atoms with E-state index in [9.17, 15) is 14.4 Å². The lowest BCUT2D eigenvalue weighted by atomic mass is 10.1. The zero-order valence-corrected chi connectivity index (χ0v) is 15.7. The smallest absolute Gasteiger partial charge is 0.330 e. The number of rotatable bonds is 6. The SMILES string of the molecule is CCCn1c(=O)[nH]c(N)c(NC(=O)c2cnn(Cc3cccc(C#N)c3)c2)c1=O. The van der Waals surface area contributed by atoms with Crippen molar-refractivity contribution in [3.05, 3.63) is 74.2 Å². The van der Waals surface area contributed by atoms with E-state index in [-0.39, 0.29) is 23.6 Å². The minimum Gasteiger partial charge on any atom is -0.383 e. The van der Waals surface area contributed by atoms with Crippen LogP contribution in [-0.4, -0.2) is 25.2 Å². The van der Waals surface area contributed by atoms with Gasteiger partial charge in [-0.25, -0.2) is 4.79 Å². The summed E-state index contributed by atoms with van der Waals surface area (Å²) in [5.41, 5.74) is 5.85. The molecule has 3 aromatic rings. The van der Waals surface area contributed by atoms with Crippen LogP contribution < -0.4 is 22.3 Å². The fourth-order valence-electron chi connectivity index (χ4n) is 2.81. The van der Waals surface area contributed by atoms with Crippen LogP contribution in [0.3, 0.4) is 0 Å². The number of aromatic nitrogens is 4. The van der Waals surface area contributed by atoms with Gasteiger partial charge in [-0.1, -0.05) is 19.1 Å². The Hall–Kier alpha value is -4.13. The van der Waals surface area contributed by atoms with Gasteiger partial charge >= 0.3 is 5.69 Å². The average Bonchev–Trinajstić information content (AvgIpc) is 3.17. The van der Waals surface area contributed by atoms with Crippen LogP contribution in [0.2, 0.25) is 0 Å². The zero-order chi connectivity index (χ0) is 21.0. The van der Waals surface area contributed by atoms with E-state index < -0.39 is 17.2 Å². The predicted molar refractivity (Wildman–Crippen MR) is 106 cm³/mol. The van der Waals surface area contributed by atoms with Gasteiger partial charge in [-0.05, 0) is 24.1 Å². The van der Waals surface area contributed by atoms with Crippen molar-refractivity contribution in [2.45, 2.75) is 26.4 Å². The largest absolute Gasteiger partial charge is 0.383 e. The van der Waals surface area contributed by atoms with E-state index in [0.717, 1.165) is 10.1 Å². The molecule has 10 nitrogen and oxygen atoms in total. The normalized spacial score (nSPS) is 10.5. The molecule has 0 radical (unpaired) electrons. The number of hydrogen-bond donors (Lipinski definition) is 3. The van der Waals surface area contributed by atoms with Crippen LogP contribution >= 0.6 is 0 Å². The quantitative estimate of drug-likeness (QED) is 0.566. The van der Waals surface area contributed by atoms with Gasteiger partial charge in [-0.2, -0.15) is 10.4 Å². The van der Waals surface area contributed by atoms with Crippen molar-refractivity contribution >= 4 is 17.4 Å². The number of carbonyl (C=O) groups excluding carboxylic acids is 1. The molecule has 0 aliphatic rings. The maximum absolute atomic E-state index is 12.5. The lowest BCUT2D eigenvalue weighted by Crippen LogP contribution is -2.38. The molecule has 0 aliphatic heterocycles. The number of carbonyl (C=O) groups is 1. The lowest BCUT2D eigenvalue weighted by Gasteiger charge is -2.09. The highest BCUT2D eigenvalue weighted by atomic mass is 16.2. The van der Waals surface area contributed by atoms with Crippen LogP contribution in [0.5, 0.6) is 0 Å². The van der Waals surface area contributed by atoms with Crippen molar-refractivity contribution in [2.24, 2.45) is 0 Å². The third-order valence-corrected chi connectivity index (χ3v) is 4.20. The summed E-state index contributed by atoms with van der Waals surface area (Å²) >= 11 is 0. The monoisotopic (exact) mass is 393 g/mol. The first-order chi connectivity index (χ1) is 13.9. The number of amides is 1. The Morgan fingerprint density at radius 2 is 2.17 bits per heavy atom. The summed E-state index contributed by atoms with van der Waals surface area (Å²) in [6.07, 6.45) is 3.44. The molecule has 1 amide bonds. The number of nitrogens with two attached hydrogens (primary N) is 1. The van der Waals surface area contributed by atoms with Crippen molar-refractivity contribution in [1.82, 2.24) is 19.3 Å². The second-order valence-corrected chi connectivity index (χ2v) is 6.37. The molecule has 0 saturated carbocycles. The summed E-state index contributed by atoms with van der Waals surface area (Å²) in [5.74, 6) is -0.790. The molecule has 0 unspecified atom stereocenters. The molecule has 4 N–H and O–H groups in total. The highest BCUT2D eigenvalue weighted by molar-refractivity contribution is 6.05. The molecule has 1 aromatic carbocycles. The Morgan fingerprint density at radius 1 is 1.38 bits per heavy atom. The Morgan fingerprint density at radius 3 is 2.90 bits per heavy atom. The van der Waals surface area contributed by atoms with E-state index in [4.69, 9.17) is 11.0 Å². The number of anilines is 2. The first-order valence-corrected chi connectivity index (χ1v) is 8.88. The van der Waals surface area contributed by atoms with Gasteiger partial charge in [0.2, 0.25) is 0 Å². The number of aromatic amines is 1. The van der Waals surface area contributed by atoms with Gasteiger partial charge in [0, 0.05) is 12.7 Å². The molecule has 0 aliphatic carbocycles. The second kappa shape index (κ2) is 8.26. The number of nitrogen functional groups attached to an aromatic ring is 1. The Labute approximate surface area is 165 Å². The summed E-state index contributed by atoms with van der Waals surface area (Å²) in [7, 11) is 0. The van der Waals surface area contributed by atoms with Crippen molar-refractivity contribution < 1.29 is 4.79 Å². The van der Waals surface area contributed by atoms with Gasteiger partial charge < -0.3 is 11.1 Å². The lowest BCUT2D eigenvalue weighted by molar-refractivity contribution is 0.102. The topological polar surface area (TPSA) is 152 Å². The van der Waals surface area contributed by atoms with Crippen LogP contribution in [0, 0.1) is 11.3 Å². The van der Waals surface area contributed by atoms with E-state index in [1.807, 2.05) is 13.0 Å². The molecule has 0 fully saturated rings. The Kier molecular flexibility index (Phi) is 5.59. The first kappa shape index (κ1) is 19.6. The van der Waals surface area contributed by atoms with Crippen LogP contribution in [0.1, 0.15) is 34.8 Å². The van der Waals surface area contributed by atoms with Gasteiger partial charge in [0.05, 0.1) is 29.9 Å². The summed E-state index contributed by atoms with van der Waals surface area (Å²) in [6.45, 7) is 2.39. The minimum atomic E-state index is -0.665. The van der Waals surface area contributed by atoms with Gasteiger partial charge in [0.15, 0.2) is 0 Å². The second-order valence-electron chi connectivity index (χ2n) is 6.37. The van der Waals surface area contributed by atoms with E-state index in [2.05, 4.69) is 21.5 Å². The maximum Gasteiger partial charge on any atom is 0.330 e. The molecule has 0 bridgehead atoms. The van der Waals surface area contributed by atoms with Crippen molar-refractivity contribution in [3.8, 4) is 6.07 Å². The fraction of sp³-hybridized carbons (Fsp3) is 0.211. The van der Waals surface area contributed by atoms with Crippen LogP contribution in [-0.2, 0) is 13.1 Å². The van der Waals surface area contributed by atoms with Gasteiger partial charge in [-0.3, -0.25) is 23.8 Å². The van der Waals surface area contributed by atoms with Crippen molar-refractivity contribution in [2.75, 3.05) is 11.1 Å². The van der Waals surface area contributed by atoms with Gasteiger partial charge in [0.1, 0.15) is 11.5 Å². The molecular formula is C19H19N7O3. The van der Waals surface area contributed by atoms with Crippen molar-refractivity contribution in [1.29, 1.82) is 5.26 Å². The number of nitrogens with one attached hydrogen (secondary N) is 2. The minimum absolute atomic E-state index is 0.183. The molecule has 29 heavy (non-hydrogen) atoms. The highest BCUT2D eigenvalue weighted by Gasteiger charge is 2.16. The fourth-order valence-corrected chi connectivity index (χ4v) is 2.81. The van der Waals surface area contributed by atoms with Gasteiger partial charge in [0.25, 0.3) is 11.5 Å².